The van der Waals surface area contributed by atoms with Gasteiger partial charge in [-0.3, -0.25) is 0 Å². The van der Waals surface area contributed by atoms with E-state index in [0.29, 0.717) is 12.1 Å². The number of rotatable bonds is 6. The zero-order valence-electron chi connectivity index (χ0n) is 10.9. The Labute approximate surface area is 124 Å². The van der Waals surface area contributed by atoms with Crippen LogP contribution in [0.4, 0.5) is 5.69 Å². The van der Waals surface area contributed by atoms with E-state index in [1.807, 2.05) is 13.8 Å². The van der Waals surface area contributed by atoms with Gasteiger partial charge in [-0.2, -0.15) is 0 Å². The summed E-state index contributed by atoms with van der Waals surface area (Å²) in [6.45, 7) is 3.93. The number of halogens is 2. The summed E-state index contributed by atoms with van der Waals surface area (Å²) in [5, 5.41) is 0.0627. The van der Waals surface area contributed by atoms with E-state index in [-0.39, 0.29) is 21.0 Å². The maximum atomic E-state index is 12.3. The predicted octanol–water partition coefficient (Wildman–Crippen LogP) is 3.43. The molecule has 1 atom stereocenters. The molecule has 0 spiro atoms. The van der Waals surface area contributed by atoms with E-state index < -0.39 is 10.0 Å². The molecular weight excluding hydrogens is 307 g/mol. The standard InChI is InChI=1S/C12H18Cl2N2O2S/c1-3-5-9(4-2)16-19(17,18)12-10(13)6-8(15)7-11(12)14/h6-7,9,16H,3-5,15H2,1-2H3. The molecule has 0 bridgehead atoms. The van der Waals surface area contributed by atoms with Crippen LogP contribution in [-0.4, -0.2) is 14.5 Å². The van der Waals surface area contributed by atoms with Gasteiger partial charge in [-0.1, -0.05) is 43.5 Å². The van der Waals surface area contributed by atoms with Crippen LogP contribution in [0.2, 0.25) is 10.0 Å². The molecule has 1 rings (SSSR count). The van der Waals surface area contributed by atoms with E-state index in [0.717, 1.165) is 12.8 Å². The molecule has 0 aliphatic rings. The highest BCUT2D eigenvalue weighted by molar-refractivity contribution is 7.89. The first-order chi connectivity index (χ1) is 8.81. The molecule has 1 aromatic carbocycles. The van der Waals surface area contributed by atoms with Gasteiger partial charge in [-0.15, -0.1) is 0 Å². The molecular formula is C12H18Cl2N2O2S. The lowest BCUT2D eigenvalue weighted by atomic mass is 10.1. The SMILES string of the molecule is CCCC(CC)NS(=O)(=O)c1c(Cl)cc(N)cc1Cl. The van der Waals surface area contributed by atoms with Crippen LogP contribution in [-0.2, 0) is 10.0 Å². The summed E-state index contributed by atoms with van der Waals surface area (Å²) in [6.07, 6.45) is 2.36. The van der Waals surface area contributed by atoms with E-state index in [1.165, 1.54) is 12.1 Å². The van der Waals surface area contributed by atoms with Crippen molar-refractivity contribution in [1.82, 2.24) is 4.72 Å². The van der Waals surface area contributed by atoms with E-state index in [2.05, 4.69) is 4.72 Å². The Bertz CT molecular complexity index is 524. The van der Waals surface area contributed by atoms with Crippen molar-refractivity contribution >= 4 is 38.9 Å². The predicted molar refractivity (Wildman–Crippen MR) is 80.2 cm³/mol. The Balaban J connectivity index is 3.14. The van der Waals surface area contributed by atoms with Crippen molar-refractivity contribution in [3.8, 4) is 0 Å². The molecule has 0 saturated heterocycles. The van der Waals surface area contributed by atoms with Crippen LogP contribution >= 0.6 is 23.2 Å². The third kappa shape index (κ3) is 4.24. The number of nitrogen functional groups attached to an aromatic ring is 1. The summed E-state index contributed by atoms with van der Waals surface area (Å²) in [4.78, 5) is -0.111. The number of hydrogen-bond acceptors (Lipinski definition) is 3. The number of anilines is 1. The highest BCUT2D eigenvalue weighted by Gasteiger charge is 2.24. The minimum atomic E-state index is -3.74. The van der Waals surface area contributed by atoms with Crippen molar-refractivity contribution in [3.63, 3.8) is 0 Å². The maximum absolute atomic E-state index is 12.3. The highest BCUT2D eigenvalue weighted by Crippen LogP contribution is 2.32. The Morgan fingerprint density at radius 3 is 2.21 bits per heavy atom. The zero-order chi connectivity index (χ0) is 14.6. The lowest BCUT2D eigenvalue weighted by molar-refractivity contribution is 0.512. The molecule has 0 radical (unpaired) electrons. The second-order valence-corrected chi connectivity index (χ2v) is 6.79. The first-order valence-corrected chi connectivity index (χ1v) is 8.32. The normalized spacial score (nSPS) is 13.5. The van der Waals surface area contributed by atoms with Crippen LogP contribution in [0.15, 0.2) is 17.0 Å². The van der Waals surface area contributed by atoms with Crippen LogP contribution < -0.4 is 10.5 Å². The fraction of sp³-hybridized carbons (Fsp3) is 0.500. The number of benzene rings is 1. The topological polar surface area (TPSA) is 72.2 Å². The molecule has 0 heterocycles. The van der Waals surface area contributed by atoms with Gasteiger partial charge in [0.1, 0.15) is 4.90 Å². The van der Waals surface area contributed by atoms with Gasteiger partial charge in [-0.05, 0) is 25.0 Å². The molecule has 0 aromatic heterocycles. The van der Waals surface area contributed by atoms with Crippen molar-refractivity contribution in [2.75, 3.05) is 5.73 Å². The van der Waals surface area contributed by atoms with Gasteiger partial charge in [-0.25, -0.2) is 13.1 Å². The molecule has 0 fully saturated rings. The summed E-state index contributed by atoms with van der Waals surface area (Å²) in [5.74, 6) is 0. The molecule has 3 N–H and O–H groups in total. The van der Waals surface area contributed by atoms with E-state index in [1.54, 1.807) is 0 Å². The number of hydrogen-bond donors (Lipinski definition) is 2. The zero-order valence-corrected chi connectivity index (χ0v) is 13.2. The fourth-order valence-corrected chi connectivity index (χ4v) is 4.40. The van der Waals surface area contributed by atoms with Crippen LogP contribution in [0.25, 0.3) is 0 Å². The molecule has 1 aromatic rings. The third-order valence-electron chi connectivity index (χ3n) is 2.74. The van der Waals surface area contributed by atoms with E-state index in [4.69, 9.17) is 28.9 Å². The van der Waals surface area contributed by atoms with Gasteiger partial charge in [0.15, 0.2) is 0 Å². The second-order valence-electron chi connectivity index (χ2n) is 4.33. The van der Waals surface area contributed by atoms with Crippen LogP contribution in [0.1, 0.15) is 33.1 Å². The maximum Gasteiger partial charge on any atom is 0.243 e. The number of nitrogens with two attached hydrogens (primary N) is 1. The summed E-state index contributed by atoms with van der Waals surface area (Å²) >= 11 is 11.9. The largest absolute Gasteiger partial charge is 0.399 e. The molecule has 19 heavy (non-hydrogen) atoms. The monoisotopic (exact) mass is 324 g/mol. The van der Waals surface area contributed by atoms with Gasteiger partial charge >= 0.3 is 0 Å². The summed E-state index contributed by atoms with van der Waals surface area (Å²) in [6, 6.07) is 2.63. The van der Waals surface area contributed by atoms with Crippen molar-refractivity contribution in [1.29, 1.82) is 0 Å². The Morgan fingerprint density at radius 2 is 1.79 bits per heavy atom. The summed E-state index contributed by atoms with van der Waals surface area (Å²) < 4.78 is 27.2. The van der Waals surface area contributed by atoms with Gasteiger partial charge in [0.2, 0.25) is 10.0 Å². The smallest absolute Gasteiger partial charge is 0.243 e. The van der Waals surface area contributed by atoms with Crippen molar-refractivity contribution in [3.05, 3.63) is 22.2 Å². The molecule has 0 saturated carbocycles. The summed E-state index contributed by atoms with van der Waals surface area (Å²) in [5.41, 5.74) is 5.89. The second kappa shape index (κ2) is 6.79. The lowest BCUT2D eigenvalue weighted by Gasteiger charge is -2.17. The molecule has 0 aliphatic heterocycles. The number of sulfonamides is 1. The Kier molecular flexibility index (Phi) is 5.92. The molecule has 7 heteroatoms. The van der Waals surface area contributed by atoms with Crippen LogP contribution in [0, 0.1) is 0 Å². The Hall–Kier alpha value is -0.490. The molecule has 0 aliphatic carbocycles. The first-order valence-electron chi connectivity index (χ1n) is 6.08. The van der Waals surface area contributed by atoms with Crippen molar-refractivity contribution in [2.45, 2.75) is 44.0 Å². The molecule has 1 unspecified atom stereocenters. The van der Waals surface area contributed by atoms with E-state index in [9.17, 15) is 8.42 Å². The minimum Gasteiger partial charge on any atom is -0.399 e. The van der Waals surface area contributed by atoms with Gasteiger partial charge in [0.25, 0.3) is 0 Å². The van der Waals surface area contributed by atoms with Gasteiger partial charge in [0.05, 0.1) is 10.0 Å². The van der Waals surface area contributed by atoms with Gasteiger partial charge < -0.3 is 5.73 Å². The summed E-state index contributed by atoms with van der Waals surface area (Å²) in [7, 11) is -3.74. The molecule has 108 valence electrons. The highest BCUT2D eigenvalue weighted by atomic mass is 35.5. The van der Waals surface area contributed by atoms with Crippen molar-refractivity contribution in [2.24, 2.45) is 0 Å². The van der Waals surface area contributed by atoms with Gasteiger partial charge in [0, 0.05) is 11.7 Å². The lowest BCUT2D eigenvalue weighted by Crippen LogP contribution is -2.34. The van der Waals surface area contributed by atoms with E-state index >= 15 is 0 Å². The van der Waals surface area contributed by atoms with Crippen LogP contribution in [0.5, 0.6) is 0 Å². The average Bonchev–Trinajstić information content (AvgIpc) is 2.25. The molecule has 4 nitrogen and oxygen atoms in total. The fourth-order valence-electron chi connectivity index (χ4n) is 1.81. The number of nitrogens with one attached hydrogen (secondary N) is 1. The quantitative estimate of drug-likeness (QED) is 0.787. The first kappa shape index (κ1) is 16.6. The minimum absolute atomic E-state index is 0.0313. The van der Waals surface area contributed by atoms with Crippen molar-refractivity contribution < 1.29 is 8.42 Å². The Morgan fingerprint density at radius 1 is 1.26 bits per heavy atom. The van der Waals surface area contributed by atoms with Crippen LogP contribution in [0.3, 0.4) is 0 Å². The molecule has 0 amide bonds. The average molecular weight is 325 g/mol. The third-order valence-corrected chi connectivity index (χ3v) is 5.18.